The highest BCUT2D eigenvalue weighted by Gasteiger charge is 2.22. The van der Waals surface area contributed by atoms with Gasteiger partial charge in [-0.1, -0.05) is 26.0 Å². The first-order chi connectivity index (χ1) is 13.4. The molecular weight excluding hydrogens is 368 g/mol. The Balaban J connectivity index is 1.46. The van der Waals surface area contributed by atoms with E-state index in [4.69, 9.17) is 0 Å². The van der Waals surface area contributed by atoms with Crippen LogP contribution in [0.5, 0.6) is 0 Å². The lowest BCUT2D eigenvalue weighted by Gasteiger charge is -2.35. The quantitative estimate of drug-likeness (QED) is 0.724. The van der Waals surface area contributed by atoms with E-state index in [-0.39, 0.29) is 11.8 Å². The van der Waals surface area contributed by atoms with Crippen LogP contribution < -0.4 is 10.6 Å². The number of hydrogen-bond donors (Lipinski definition) is 2. The van der Waals surface area contributed by atoms with Crippen LogP contribution in [0.15, 0.2) is 29.6 Å². The first-order valence-electron chi connectivity index (χ1n) is 10.2. The van der Waals surface area contributed by atoms with E-state index in [1.807, 2.05) is 43.5 Å². The summed E-state index contributed by atoms with van der Waals surface area (Å²) in [5.74, 6) is 1.43. The first-order valence-corrected chi connectivity index (χ1v) is 11.1. The number of benzene rings is 1. The number of amides is 1. The van der Waals surface area contributed by atoms with Crippen molar-refractivity contribution in [1.82, 2.24) is 15.2 Å². The van der Waals surface area contributed by atoms with Crippen molar-refractivity contribution in [2.75, 3.05) is 31.5 Å². The van der Waals surface area contributed by atoms with E-state index in [9.17, 15) is 4.79 Å². The molecule has 3 atom stereocenters. The molecule has 1 aromatic carbocycles. The van der Waals surface area contributed by atoms with Crippen molar-refractivity contribution in [3.63, 3.8) is 0 Å². The number of likely N-dealkylation sites (tertiary alicyclic amines) is 1. The zero-order valence-electron chi connectivity index (χ0n) is 17.4. The second kappa shape index (κ2) is 9.52. The predicted octanol–water partition coefficient (Wildman–Crippen LogP) is 4.39. The smallest absolute Gasteiger partial charge is 0.227 e. The molecule has 0 spiro atoms. The molecule has 1 aliphatic rings. The Morgan fingerprint density at radius 3 is 2.54 bits per heavy atom. The largest absolute Gasteiger partial charge is 0.354 e. The lowest BCUT2D eigenvalue weighted by atomic mass is 9.92. The van der Waals surface area contributed by atoms with E-state index >= 15 is 0 Å². The van der Waals surface area contributed by atoms with Gasteiger partial charge < -0.3 is 15.5 Å². The number of thiazole rings is 1. The maximum Gasteiger partial charge on any atom is 0.227 e. The summed E-state index contributed by atoms with van der Waals surface area (Å²) < 4.78 is 0. The fourth-order valence-electron chi connectivity index (χ4n) is 4.01. The van der Waals surface area contributed by atoms with Crippen LogP contribution >= 0.6 is 11.3 Å². The Morgan fingerprint density at radius 1 is 1.25 bits per heavy atom. The molecule has 1 aromatic heterocycles. The van der Waals surface area contributed by atoms with Gasteiger partial charge in [-0.25, -0.2) is 4.98 Å². The number of aromatic nitrogens is 1. The molecule has 1 amide bonds. The van der Waals surface area contributed by atoms with Crippen molar-refractivity contribution in [3.8, 4) is 0 Å². The number of nitrogens with one attached hydrogen (secondary N) is 2. The third kappa shape index (κ3) is 5.79. The van der Waals surface area contributed by atoms with Crippen LogP contribution in [0, 0.1) is 18.8 Å². The molecule has 6 heteroatoms. The maximum atomic E-state index is 12.5. The van der Waals surface area contributed by atoms with Gasteiger partial charge in [-0.2, -0.15) is 0 Å². The van der Waals surface area contributed by atoms with Crippen LogP contribution in [0.25, 0.3) is 0 Å². The van der Waals surface area contributed by atoms with E-state index in [0.717, 1.165) is 53.5 Å². The summed E-state index contributed by atoms with van der Waals surface area (Å²) in [6.45, 7) is 12.5. The van der Waals surface area contributed by atoms with Crippen LogP contribution in [-0.2, 0) is 4.79 Å². The summed E-state index contributed by atoms with van der Waals surface area (Å²) in [6, 6.07) is 8.04. The molecule has 1 saturated heterocycles. The van der Waals surface area contributed by atoms with Gasteiger partial charge in [0.1, 0.15) is 0 Å². The van der Waals surface area contributed by atoms with Gasteiger partial charge in [0, 0.05) is 37.2 Å². The lowest BCUT2D eigenvalue weighted by Crippen LogP contribution is -2.43. The summed E-state index contributed by atoms with van der Waals surface area (Å²) in [5.41, 5.74) is 3.03. The molecule has 0 bridgehead atoms. The Bertz CT molecular complexity index is 763. The molecule has 0 aliphatic carbocycles. The minimum absolute atomic E-state index is 0.0920. The Labute approximate surface area is 172 Å². The molecule has 2 heterocycles. The SMILES string of the molecule is Cc1csc(Nc2ccc(C(C)C(=O)NCCN3CC(C)CC(C)C3)cc2)n1. The zero-order chi connectivity index (χ0) is 20.1. The fraction of sp³-hybridized carbons (Fsp3) is 0.545. The second-order valence-electron chi connectivity index (χ2n) is 8.26. The van der Waals surface area contributed by atoms with Crippen LogP contribution in [0.2, 0.25) is 0 Å². The molecule has 2 N–H and O–H groups in total. The maximum absolute atomic E-state index is 12.5. The average molecular weight is 401 g/mol. The van der Waals surface area contributed by atoms with E-state index in [2.05, 4.69) is 34.4 Å². The van der Waals surface area contributed by atoms with Gasteiger partial charge in [0.05, 0.1) is 11.6 Å². The standard InChI is InChI=1S/C22H32N4OS/c1-15-11-16(2)13-26(12-15)10-9-23-21(27)18(4)19-5-7-20(8-6-19)25-22-24-17(3)14-28-22/h5-8,14-16,18H,9-13H2,1-4H3,(H,23,27)(H,24,25). The first kappa shape index (κ1) is 20.8. The fourth-order valence-corrected chi connectivity index (χ4v) is 4.71. The molecular formula is C22H32N4OS. The van der Waals surface area contributed by atoms with Gasteiger partial charge in [0.2, 0.25) is 5.91 Å². The van der Waals surface area contributed by atoms with Crippen LogP contribution in [0.4, 0.5) is 10.8 Å². The van der Waals surface area contributed by atoms with Crippen LogP contribution in [0.1, 0.15) is 44.4 Å². The van der Waals surface area contributed by atoms with Gasteiger partial charge in [0.15, 0.2) is 5.13 Å². The van der Waals surface area contributed by atoms with Gasteiger partial charge in [-0.05, 0) is 49.8 Å². The number of carbonyl (C=O) groups is 1. The number of anilines is 2. The Hall–Kier alpha value is -1.92. The molecule has 1 fully saturated rings. The Kier molecular flexibility index (Phi) is 7.08. The summed E-state index contributed by atoms with van der Waals surface area (Å²) in [4.78, 5) is 19.4. The zero-order valence-corrected chi connectivity index (χ0v) is 18.2. The molecule has 0 saturated carbocycles. The highest BCUT2D eigenvalue weighted by molar-refractivity contribution is 7.13. The summed E-state index contributed by atoms with van der Waals surface area (Å²) in [5, 5.41) is 9.32. The summed E-state index contributed by atoms with van der Waals surface area (Å²) in [6.07, 6.45) is 1.31. The highest BCUT2D eigenvalue weighted by atomic mass is 32.1. The minimum atomic E-state index is -0.157. The van der Waals surface area contributed by atoms with Crippen LogP contribution in [-0.4, -0.2) is 42.0 Å². The van der Waals surface area contributed by atoms with Crippen molar-refractivity contribution in [2.24, 2.45) is 11.8 Å². The third-order valence-electron chi connectivity index (χ3n) is 5.35. The molecule has 2 aromatic rings. The lowest BCUT2D eigenvalue weighted by molar-refractivity contribution is -0.122. The van der Waals surface area contributed by atoms with Gasteiger partial charge >= 0.3 is 0 Å². The number of rotatable bonds is 7. The highest BCUT2D eigenvalue weighted by Crippen LogP contribution is 2.23. The van der Waals surface area contributed by atoms with Crippen molar-refractivity contribution in [3.05, 3.63) is 40.9 Å². The number of piperidine rings is 1. The van der Waals surface area contributed by atoms with Crippen LogP contribution in [0.3, 0.4) is 0 Å². The van der Waals surface area contributed by atoms with Gasteiger partial charge in [-0.15, -0.1) is 11.3 Å². The second-order valence-corrected chi connectivity index (χ2v) is 9.12. The van der Waals surface area contributed by atoms with Gasteiger partial charge in [0.25, 0.3) is 0 Å². The van der Waals surface area contributed by atoms with Crippen molar-refractivity contribution in [1.29, 1.82) is 0 Å². The topological polar surface area (TPSA) is 57.3 Å². The molecule has 5 nitrogen and oxygen atoms in total. The summed E-state index contributed by atoms with van der Waals surface area (Å²) in [7, 11) is 0. The van der Waals surface area contributed by atoms with Crippen molar-refractivity contribution >= 4 is 28.1 Å². The molecule has 3 unspecified atom stereocenters. The monoisotopic (exact) mass is 400 g/mol. The normalized spacial score (nSPS) is 21.3. The molecule has 1 aliphatic heterocycles. The minimum Gasteiger partial charge on any atom is -0.354 e. The van der Waals surface area contributed by atoms with E-state index in [1.54, 1.807) is 11.3 Å². The number of carbonyl (C=O) groups excluding carboxylic acids is 1. The Morgan fingerprint density at radius 2 is 1.93 bits per heavy atom. The average Bonchev–Trinajstić information content (AvgIpc) is 3.05. The molecule has 0 radical (unpaired) electrons. The van der Waals surface area contributed by atoms with E-state index < -0.39 is 0 Å². The predicted molar refractivity (Wildman–Crippen MR) is 117 cm³/mol. The number of hydrogen-bond acceptors (Lipinski definition) is 5. The van der Waals surface area contributed by atoms with E-state index in [1.165, 1.54) is 6.42 Å². The van der Waals surface area contributed by atoms with E-state index in [0.29, 0.717) is 6.54 Å². The van der Waals surface area contributed by atoms with Gasteiger partial charge in [-0.3, -0.25) is 4.79 Å². The number of nitrogens with zero attached hydrogens (tertiary/aromatic N) is 2. The molecule has 152 valence electrons. The molecule has 28 heavy (non-hydrogen) atoms. The summed E-state index contributed by atoms with van der Waals surface area (Å²) >= 11 is 1.59. The number of aryl methyl sites for hydroxylation is 1. The molecule has 3 rings (SSSR count). The third-order valence-corrected chi connectivity index (χ3v) is 6.22. The van der Waals surface area contributed by atoms with Crippen molar-refractivity contribution < 1.29 is 4.79 Å². The van der Waals surface area contributed by atoms with Crippen molar-refractivity contribution in [2.45, 2.75) is 40.0 Å².